The zero-order valence-corrected chi connectivity index (χ0v) is 9.29. The van der Waals surface area contributed by atoms with Crippen LogP contribution in [0.5, 0.6) is 0 Å². The lowest BCUT2D eigenvalue weighted by Gasteiger charge is -2.42. The smallest absolute Gasteiger partial charge is 0.243 e. The Morgan fingerprint density at radius 3 is 2.88 bits per heavy atom. The number of nitrogens with one attached hydrogen (secondary N) is 2. The van der Waals surface area contributed by atoms with Crippen LogP contribution in [0.25, 0.3) is 0 Å². The Morgan fingerprint density at radius 1 is 1.38 bits per heavy atom. The number of carbonyl (C=O) groups is 1. The van der Waals surface area contributed by atoms with Crippen molar-refractivity contribution in [2.24, 2.45) is 0 Å². The van der Waals surface area contributed by atoms with E-state index >= 15 is 0 Å². The summed E-state index contributed by atoms with van der Waals surface area (Å²) in [5.41, 5.74) is 3.27. The molecular weight excluding hydrogens is 202 g/mol. The van der Waals surface area contributed by atoms with Crippen LogP contribution in [0, 0.1) is 6.92 Å². The van der Waals surface area contributed by atoms with Crippen molar-refractivity contribution in [1.82, 2.24) is 5.32 Å². The van der Waals surface area contributed by atoms with Gasteiger partial charge in [-0.3, -0.25) is 4.79 Å². The number of hydrogen-bond donors (Lipinski definition) is 2. The third-order valence-electron chi connectivity index (χ3n) is 3.25. The number of nitrogens with zero attached hydrogens (tertiary/aromatic N) is 1. The Labute approximate surface area is 94.6 Å². The molecule has 0 spiro atoms. The number of carbonyl (C=O) groups excluding carboxylic acids is 1. The first-order chi connectivity index (χ1) is 7.74. The maximum atomic E-state index is 11.6. The lowest BCUT2D eigenvalue weighted by Crippen LogP contribution is -2.60. The summed E-state index contributed by atoms with van der Waals surface area (Å²) in [5, 5.41) is 6.17. The second-order valence-electron chi connectivity index (χ2n) is 4.51. The van der Waals surface area contributed by atoms with Crippen molar-refractivity contribution in [1.29, 1.82) is 0 Å². The summed E-state index contributed by atoms with van der Waals surface area (Å²) in [7, 11) is 0. The molecule has 0 bridgehead atoms. The fourth-order valence-electron chi connectivity index (χ4n) is 2.25. The van der Waals surface area contributed by atoms with Crippen LogP contribution in [-0.4, -0.2) is 31.6 Å². The predicted molar refractivity (Wildman–Crippen MR) is 63.8 cm³/mol. The Balaban J connectivity index is 2.00. The van der Waals surface area contributed by atoms with Crippen LogP contribution in [0.3, 0.4) is 0 Å². The van der Waals surface area contributed by atoms with Crippen LogP contribution in [-0.2, 0) is 4.79 Å². The highest BCUT2D eigenvalue weighted by Crippen LogP contribution is 2.32. The summed E-state index contributed by atoms with van der Waals surface area (Å²) < 4.78 is 0. The number of fused-ring (bicyclic) bond motifs is 1. The maximum absolute atomic E-state index is 11.6. The third kappa shape index (κ3) is 1.46. The van der Waals surface area contributed by atoms with Gasteiger partial charge in [0.05, 0.1) is 24.0 Å². The van der Waals surface area contributed by atoms with Crippen molar-refractivity contribution >= 4 is 17.3 Å². The Hall–Kier alpha value is -1.55. The third-order valence-corrected chi connectivity index (χ3v) is 3.25. The summed E-state index contributed by atoms with van der Waals surface area (Å²) in [6.07, 6.45) is 0. The Bertz CT molecular complexity index is 440. The molecule has 2 heterocycles. The highest BCUT2D eigenvalue weighted by atomic mass is 16.2. The molecular formula is C12H15N3O. The van der Waals surface area contributed by atoms with Crippen LogP contribution < -0.4 is 15.5 Å². The zero-order valence-electron chi connectivity index (χ0n) is 9.29. The van der Waals surface area contributed by atoms with Crippen LogP contribution in [0.4, 0.5) is 11.4 Å². The van der Waals surface area contributed by atoms with Gasteiger partial charge in [0.15, 0.2) is 0 Å². The highest BCUT2D eigenvalue weighted by Gasteiger charge is 2.31. The number of rotatable bonds is 1. The number of hydrogen-bond acceptors (Lipinski definition) is 3. The van der Waals surface area contributed by atoms with Crippen molar-refractivity contribution in [3.8, 4) is 0 Å². The van der Waals surface area contributed by atoms with Gasteiger partial charge in [0.25, 0.3) is 0 Å². The average molecular weight is 217 g/mol. The van der Waals surface area contributed by atoms with E-state index in [1.54, 1.807) is 0 Å². The van der Waals surface area contributed by atoms with E-state index in [2.05, 4.69) is 27.7 Å². The number of aryl methyl sites for hydroxylation is 1. The fraction of sp³-hybridized carbons (Fsp3) is 0.417. The first-order valence-corrected chi connectivity index (χ1v) is 5.62. The predicted octanol–water partition coefficient (Wildman–Crippen LogP) is 0.725. The number of amides is 1. The van der Waals surface area contributed by atoms with E-state index in [4.69, 9.17) is 0 Å². The summed E-state index contributed by atoms with van der Waals surface area (Å²) in [4.78, 5) is 13.8. The van der Waals surface area contributed by atoms with Gasteiger partial charge in [0.1, 0.15) is 0 Å². The molecule has 3 rings (SSSR count). The molecule has 1 aromatic carbocycles. The molecule has 0 aliphatic carbocycles. The van der Waals surface area contributed by atoms with Gasteiger partial charge in [0, 0.05) is 13.1 Å². The fourth-order valence-corrected chi connectivity index (χ4v) is 2.25. The van der Waals surface area contributed by atoms with E-state index in [1.807, 2.05) is 13.0 Å². The minimum Gasteiger partial charge on any atom is -0.355 e. The second-order valence-corrected chi connectivity index (χ2v) is 4.51. The number of benzene rings is 1. The molecule has 0 atom stereocenters. The van der Waals surface area contributed by atoms with Crippen molar-refractivity contribution < 1.29 is 4.79 Å². The van der Waals surface area contributed by atoms with Gasteiger partial charge in [0.2, 0.25) is 5.91 Å². The largest absolute Gasteiger partial charge is 0.355 e. The molecule has 0 radical (unpaired) electrons. The Morgan fingerprint density at radius 2 is 2.19 bits per heavy atom. The van der Waals surface area contributed by atoms with E-state index in [0.29, 0.717) is 12.6 Å². The topological polar surface area (TPSA) is 44.4 Å². The molecule has 2 aliphatic rings. The van der Waals surface area contributed by atoms with Crippen LogP contribution >= 0.6 is 0 Å². The first kappa shape index (κ1) is 9.66. The molecule has 4 nitrogen and oxygen atoms in total. The lowest BCUT2D eigenvalue weighted by atomic mass is 10.1. The molecule has 2 aliphatic heterocycles. The molecule has 1 aromatic rings. The van der Waals surface area contributed by atoms with Gasteiger partial charge in [-0.1, -0.05) is 6.07 Å². The molecule has 2 N–H and O–H groups in total. The lowest BCUT2D eigenvalue weighted by molar-refractivity contribution is -0.115. The van der Waals surface area contributed by atoms with Crippen molar-refractivity contribution in [3.63, 3.8) is 0 Å². The van der Waals surface area contributed by atoms with Gasteiger partial charge in [-0.05, 0) is 24.6 Å². The van der Waals surface area contributed by atoms with Gasteiger partial charge in [-0.25, -0.2) is 0 Å². The van der Waals surface area contributed by atoms with Crippen molar-refractivity contribution in [2.75, 3.05) is 29.9 Å². The van der Waals surface area contributed by atoms with E-state index in [1.165, 1.54) is 5.56 Å². The maximum Gasteiger partial charge on any atom is 0.243 e. The molecule has 84 valence electrons. The van der Waals surface area contributed by atoms with Crippen molar-refractivity contribution in [2.45, 2.75) is 13.0 Å². The van der Waals surface area contributed by atoms with Gasteiger partial charge >= 0.3 is 0 Å². The zero-order chi connectivity index (χ0) is 11.1. The standard InChI is InChI=1S/C12H15N3O/c1-8-2-3-11-10(4-8)14-12(16)7-15(11)9-5-13-6-9/h2-4,9,13H,5-7H2,1H3,(H,14,16). The summed E-state index contributed by atoms with van der Waals surface area (Å²) >= 11 is 0. The molecule has 0 unspecified atom stereocenters. The summed E-state index contributed by atoms with van der Waals surface area (Å²) in [5.74, 6) is 0.0880. The quantitative estimate of drug-likeness (QED) is 0.728. The van der Waals surface area contributed by atoms with E-state index in [-0.39, 0.29) is 5.91 Å². The normalized spacial score (nSPS) is 20.1. The summed E-state index contributed by atoms with van der Waals surface area (Å²) in [6, 6.07) is 6.69. The van der Waals surface area contributed by atoms with E-state index < -0.39 is 0 Å². The minimum absolute atomic E-state index is 0.0880. The first-order valence-electron chi connectivity index (χ1n) is 5.62. The monoisotopic (exact) mass is 217 g/mol. The van der Waals surface area contributed by atoms with Crippen LogP contribution in [0.1, 0.15) is 5.56 Å². The van der Waals surface area contributed by atoms with Gasteiger partial charge in [-0.15, -0.1) is 0 Å². The van der Waals surface area contributed by atoms with E-state index in [0.717, 1.165) is 24.5 Å². The molecule has 1 fully saturated rings. The molecule has 1 amide bonds. The second kappa shape index (κ2) is 3.49. The van der Waals surface area contributed by atoms with Crippen LogP contribution in [0.2, 0.25) is 0 Å². The minimum atomic E-state index is 0.0880. The molecule has 4 heteroatoms. The molecule has 1 saturated heterocycles. The average Bonchev–Trinajstić information content (AvgIpc) is 2.13. The molecule has 0 saturated carbocycles. The van der Waals surface area contributed by atoms with E-state index in [9.17, 15) is 4.79 Å². The van der Waals surface area contributed by atoms with Crippen molar-refractivity contribution in [3.05, 3.63) is 23.8 Å². The SMILES string of the molecule is Cc1ccc2c(c1)NC(=O)CN2C1CNC1. The Kier molecular flexibility index (Phi) is 2.11. The highest BCUT2D eigenvalue weighted by molar-refractivity contribution is 6.01. The van der Waals surface area contributed by atoms with Gasteiger partial charge in [-0.2, -0.15) is 0 Å². The van der Waals surface area contributed by atoms with Gasteiger partial charge < -0.3 is 15.5 Å². The summed E-state index contributed by atoms with van der Waals surface area (Å²) in [6.45, 7) is 4.46. The molecule has 16 heavy (non-hydrogen) atoms. The number of anilines is 2. The van der Waals surface area contributed by atoms with Crippen LogP contribution in [0.15, 0.2) is 18.2 Å². The molecule has 0 aromatic heterocycles.